The summed E-state index contributed by atoms with van der Waals surface area (Å²) in [5.74, 6) is -2.44. The van der Waals surface area contributed by atoms with Crippen molar-refractivity contribution in [3.63, 3.8) is 0 Å². The molecule has 0 aliphatic carbocycles. The Kier molecular flexibility index (Phi) is 7.12. The van der Waals surface area contributed by atoms with E-state index in [0.29, 0.717) is 24.9 Å². The number of aryl methyl sites for hydroxylation is 1. The van der Waals surface area contributed by atoms with Crippen LogP contribution in [0.5, 0.6) is 0 Å². The molecule has 0 radical (unpaired) electrons. The molecule has 0 aliphatic heterocycles. The van der Waals surface area contributed by atoms with Gasteiger partial charge in [-0.25, -0.2) is 9.59 Å². The Bertz CT molecular complexity index is 1300. The van der Waals surface area contributed by atoms with E-state index in [1.54, 1.807) is 4.57 Å². The van der Waals surface area contributed by atoms with Gasteiger partial charge in [-0.15, -0.1) is 0 Å². The lowest BCUT2D eigenvalue weighted by molar-refractivity contribution is 0.0675. The fourth-order valence-corrected chi connectivity index (χ4v) is 4.14. The minimum absolute atomic E-state index is 0.0224. The number of carboxylic acid groups (broad SMARTS) is 2. The van der Waals surface area contributed by atoms with Crippen LogP contribution in [0.3, 0.4) is 0 Å². The van der Waals surface area contributed by atoms with Crippen molar-refractivity contribution in [2.24, 2.45) is 0 Å². The molecule has 8 heteroatoms. The number of hydrogen-bond donors (Lipinski definition) is 3. The molecule has 0 aliphatic rings. The van der Waals surface area contributed by atoms with Crippen molar-refractivity contribution in [1.82, 2.24) is 9.55 Å². The molecule has 3 rings (SSSR count). The van der Waals surface area contributed by atoms with Crippen molar-refractivity contribution >= 4 is 33.7 Å². The van der Waals surface area contributed by atoms with Gasteiger partial charge in [-0.1, -0.05) is 39.5 Å². The Morgan fingerprint density at radius 2 is 1.59 bits per heavy atom. The summed E-state index contributed by atoms with van der Waals surface area (Å²) in [5.41, 5.74) is -0.293. The number of unbranched alkanes of at least 4 members (excludes halogenated alkanes) is 4. The number of carbonyl (C=O) groups is 2. The van der Waals surface area contributed by atoms with Crippen LogP contribution in [0.2, 0.25) is 0 Å². The maximum Gasteiger partial charge on any atom is 0.352 e. The summed E-state index contributed by atoms with van der Waals surface area (Å²) < 4.78 is 1.64. The highest BCUT2D eigenvalue weighted by atomic mass is 16.4. The summed E-state index contributed by atoms with van der Waals surface area (Å²) in [5, 5.41) is 19.8. The first-order valence-electron chi connectivity index (χ1n) is 11.0. The van der Waals surface area contributed by atoms with Crippen LogP contribution in [0.1, 0.15) is 78.9 Å². The van der Waals surface area contributed by atoms with E-state index >= 15 is 0 Å². The van der Waals surface area contributed by atoms with Crippen LogP contribution in [0.25, 0.3) is 21.8 Å². The Hall–Kier alpha value is -3.42. The zero-order chi connectivity index (χ0) is 23.4. The van der Waals surface area contributed by atoms with Crippen molar-refractivity contribution in [2.45, 2.75) is 65.3 Å². The molecule has 0 spiro atoms. The summed E-state index contributed by atoms with van der Waals surface area (Å²) in [7, 11) is 0. The van der Waals surface area contributed by atoms with Crippen LogP contribution in [-0.2, 0) is 13.0 Å². The van der Waals surface area contributed by atoms with Crippen LogP contribution in [0.15, 0.2) is 27.8 Å². The lowest BCUT2D eigenvalue weighted by Gasteiger charge is -2.19. The van der Waals surface area contributed by atoms with Gasteiger partial charge in [0.05, 0.1) is 11.0 Å². The molecule has 0 unspecified atom stereocenters. The lowest BCUT2D eigenvalue weighted by Crippen LogP contribution is -2.25. The van der Waals surface area contributed by atoms with Crippen LogP contribution in [-0.4, -0.2) is 31.7 Å². The fraction of sp³-hybridized carbons (Fsp3) is 0.417. The Morgan fingerprint density at radius 1 is 0.906 bits per heavy atom. The number of aromatic nitrogens is 2. The van der Waals surface area contributed by atoms with Gasteiger partial charge in [-0.3, -0.25) is 9.59 Å². The largest absolute Gasteiger partial charge is 0.477 e. The first kappa shape index (κ1) is 23.2. The van der Waals surface area contributed by atoms with Crippen LogP contribution in [0, 0.1) is 0 Å². The van der Waals surface area contributed by atoms with E-state index < -0.39 is 17.4 Å². The smallest absolute Gasteiger partial charge is 0.352 e. The molecule has 0 saturated carbocycles. The molecule has 3 aromatic rings. The number of pyridine rings is 2. The van der Waals surface area contributed by atoms with Crippen LogP contribution < -0.4 is 10.9 Å². The molecule has 0 fully saturated rings. The fourth-order valence-electron chi connectivity index (χ4n) is 4.14. The second-order valence-corrected chi connectivity index (χ2v) is 8.04. The number of H-pyrrole nitrogens is 1. The summed E-state index contributed by atoms with van der Waals surface area (Å²) in [4.78, 5) is 52.3. The molecule has 0 saturated heterocycles. The molecule has 8 nitrogen and oxygen atoms in total. The van der Waals surface area contributed by atoms with E-state index in [2.05, 4.69) is 4.98 Å². The third kappa shape index (κ3) is 4.44. The molecule has 0 atom stereocenters. The maximum absolute atomic E-state index is 13.4. The molecular weight excluding hydrogens is 412 g/mol. The van der Waals surface area contributed by atoms with Gasteiger partial charge in [-0.2, -0.15) is 0 Å². The number of fused-ring (bicyclic) bond motifs is 2. The average Bonchev–Trinajstić information content (AvgIpc) is 2.75. The molecule has 32 heavy (non-hydrogen) atoms. The van der Waals surface area contributed by atoms with Crippen molar-refractivity contribution < 1.29 is 19.8 Å². The Balaban J connectivity index is 2.40. The number of nitrogens with zero attached hydrogens (tertiary/aromatic N) is 1. The number of rotatable bonds is 10. The van der Waals surface area contributed by atoms with Gasteiger partial charge in [0.2, 0.25) is 0 Å². The minimum atomic E-state index is -1.28. The summed E-state index contributed by atoms with van der Waals surface area (Å²) >= 11 is 0. The van der Waals surface area contributed by atoms with Gasteiger partial charge in [0.15, 0.2) is 10.9 Å². The van der Waals surface area contributed by atoms with Crippen molar-refractivity contribution in [2.75, 3.05) is 0 Å². The van der Waals surface area contributed by atoms with Crippen molar-refractivity contribution in [3.8, 4) is 0 Å². The molecule has 3 N–H and O–H groups in total. The topological polar surface area (TPSA) is 129 Å². The Labute approximate surface area is 184 Å². The zero-order valence-electron chi connectivity index (χ0n) is 18.4. The van der Waals surface area contributed by atoms with E-state index in [-0.39, 0.29) is 38.7 Å². The number of carboxylic acids is 2. The van der Waals surface area contributed by atoms with Crippen LogP contribution in [0.4, 0.5) is 0 Å². The van der Waals surface area contributed by atoms with Gasteiger partial charge in [0.25, 0.3) is 0 Å². The first-order chi connectivity index (χ1) is 15.3. The number of hydrogen-bond acceptors (Lipinski definition) is 4. The lowest BCUT2D eigenvalue weighted by atomic mass is 9.99. The quantitative estimate of drug-likeness (QED) is 0.321. The van der Waals surface area contributed by atoms with E-state index in [1.807, 2.05) is 13.8 Å². The predicted molar refractivity (Wildman–Crippen MR) is 123 cm³/mol. The summed E-state index contributed by atoms with van der Waals surface area (Å²) in [6.45, 7) is 4.48. The average molecular weight is 440 g/mol. The molecule has 0 bridgehead atoms. The standard InChI is InChI=1S/C24H28N2O6/c1-3-5-7-9-14-21(24(31)32)26(10-8-6-4-2)19-12-17-15(11-16(19)22(14)28)20(27)13-18(25-17)23(29)30/h11-13H,3-10H2,1-2H3,(H,25,27)(H,29,30)(H,31,32). The highest BCUT2D eigenvalue weighted by Crippen LogP contribution is 2.23. The third-order valence-electron chi connectivity index (χ3n) is 5.76. The minimum Gasteiger partial charge on any atom is -0.477 e. The van der Waals surface area contributed by atoms with Gasteiger partial charge in [0, 0.05) is 28.9 Å². The number of aromatic carboxylic acids is 2. The van der Waals surface area contributed by atoms with Crippen molar-refractivity contribution in [1.29, 1.82) is 0 Å². The molecule has 0 amide bonds. The third-order valence-corrected chi connectivity index (χ3v) is 5.76. The maximum atomic E-state index is 13.4. The second-order valence-electron chi connectivity index (χ2n) is 8.04. The van der Waals surface area contributed by atoms with E-state index in [9.17, 15) is 29.4 Å². The second kappa shape index (κ2) is 9.80. The monoisotopic (exact) mass is 440 g/mol. The van der Waals surface area contributed by atoms with E-state index in [0.717, 1.165) is 38.2 Å². The first-order valence-corrected chi connectivity index (χ1v) is 11.0. The molecule has 170 valence electrons. The SMILES string of the molecule is CCCCCc1c(C(=O)O)n(CCCCC)c2cc3[nH]c(C(=O)O)cc(=O)c3cc2c1=O. The molecule has 2 aromatic heterocycles. The van der Waals surface area contributed by atoms with Crippen LogP contribution >= 0.6 is 0 Å². The van der Waals surface area contributed by atoms with Gasteiger partial charge in [-0.05, 0) is 31.4 Å². The van der Waals surface area contributed by atoms with Gasteiger partial charge >= 0.3 is 11.9 Å². The van der Waals surface area contributed by atoms with E-state index in [1.165, 1.54) is 12.1 Å². The van der Waals surface area contributed by atoms with Crippen molar-refractivity contribution in [3.05, 3.63) is 55.6 Å². The summed E-state index contributed by atoms with van der Waals surface area (Å²) in [6.07, 6.45) is 5.43. The van der Waals surface area contributed by atoms with Gasteiger partial charge < -0.3 is 19.8 Å². The van der Waals surface area contributed by atoms with Gasteiger partial charge in [0.1, 0.15) is 11.4 Å². The summed E-state index contributed by atoms with van der Waals surface area (Å²) in [6, 6.07) is 3.97. The predicted octanol–water partition coefficient (Wildman–Crippen LogP) is 4.16. The Morgan fingerprint density at radius 3 is 2.22 bits per heavy atom. The number of nitrogens with one attached hydrogen (secondary N) is 1. The highest BCUT2D eigenvalue weighted by Gasteiger charge is 2.23. The normalized spacial score (nSPS) is 11.3. The molecular formula is C24H28N2O6. The number of benzene rings is 1. The number of aromatic amines is 1. The molecule has 2 heterocycles. The van der Waals surface area contributed by atoms with E-state index in [4.69, 9.17) is 0 Å². The zero-order valence-corrected chi connectivity index (χ0v) is 18.4. The molecule has 1 aromatic carbocycles. The highest BCUT2D eigenvalue weighted by molar-refractivity contribution is 5.99.